The first-order valence-corrected chi connectivity index (χ1v) is 8.61. The van der Waals surface area contributed by atoms with Crippen LogP contribution in [-0.2, 0) is 6.42 Å². The van der Waals surface area contributed by atoms with E-state index in [2.05, 4.69) is 25.1 Å². The van der Waals surface area contributed by atoms with Crippen molar-refractivity contribution in [3.63, 3.8) is 0 Å². The molecule has 1 aliphatic rings. The molecule has 0 radical (unpaired) electrons. The number of ether oxygens (including phenoxy) is 1. The number of benzene rings is 1. The van der Waals surface area contributed by atoms with Gasteiger partial charge in [0.25, 0.3) is 0 Å². The van der Waals surface area contributed by atoms with Gasteiger partial charge in [0.15, 0.2) is 0 Å². The number of nitrogens with two attached hydrogens (primary N) is 1. The lowest BCUT2D eigenvalue weighted by Gasteiger charge is -2.32. The summed E-state index contributed by atoms with van der Waals surface area (Å²) in [6.45, 7) is 2.29. The van der Waals surface area contributed by atoms with Crippen molar-refractivity contribution in [1.82, 2.24) is 0 Å². The largest absolute Gasteiger partial charge is 0.497 e. The van der Waals surface area contributed by atoms with Gasteiger partial charge in [-0.15, -0.1) is 0 Å². The van der Waals surface area contributed by atoms with Crippen LogP contribution < -0.4 is 10.5 Å². The van der Waals surface area contributed by atoms with Crippen molar-refractivity contribution in [2.24, 2.45) is 17.6 Å². The Morgan fingerprint density at radius 2 is 2.00 bits per heavy atom. The van der Waals surface area contributed by atoms with E-state index in [1.165, 1.54) is 50.5 Å². The Balaban J connectivity index is 1.80. The van der Waals surface area contributed by atoms with Gasteiger partial charge in [-0.1, -0.05) is 51.2 Å². The second kappa shape index (κ2) is 8.43. The molecule has 1 unspecified atom stereocenters. The van der Waals surface area contributed by atoms with Crippen LogP contribution in [0.15, 0.2) is 24.3 Å². The van der Waals surface area contributed by atoms with Crippen LogP contribution in [0.1, 0.15) is 57.4 Å². The number of hydrogen-bond donors (Lipinski definition) is 1. The van der Waals surface area contributed by atoms with Gasteiger partial charge in [-0.3, -0.25) is 0 Å². The van der Waals surface area contributed by atoms with Gasteiger partial charge >= 0.3 is 0 Å². The van der Waals surface area contributed by atoms with E-state index in [0.717, 1.165) is 18.1 Å². The van der Waals surface area contributed by atoms with E-state index in [0.29, 0.717) is 12.0 Å². The summed E-state index contributed by atoms with van der Waals surface area (Å²) in [5, 5.41) is 0. The van der Waals surface area contributed by atoms with Crippen molar-refractivity contribution in [2.75, 3.05) is 7.11 Å². The molecule has 0 heterocycles. The van der Waals surface area contributed by atoms with Gasteiger partial charge in [-0.2, -0.15) is 0 Å². The van der Waals surface area contributed by atoms with E-state index in [9.17, 15) is 0 Å². The van der Waals surface area contributed by atoms with Gasteiger partial charge in [0.2, 0.25) is 0 Å². The monoisotopic (exact) mass is 289 g/mol. The fraction of sp³-hybridized carbons (Fsp3) is 0.684. The minimum Gasteiger partial charge on any atom is -0.497 e. The molecule has 1 aromatic rings. The predicted octanol–water partition coefficient (Wildman–Crippen LogP) is 4.56. The van der Waals surface area contributed by atoms with Crippen LogP contribution in [-0.4, -0.2) is 13.2 Å². The Hall–Kier alpha value is -1.02. The lowest BCUT2D eigenvalue weighted by molar-refractivity contribution is 0.230. The molecule has 1 fully saturated rings. The van der Waals surface area contributed by atoms with E-state index in [-0.39, 0.29) is 0 Å². The van der Waals surface area contributed by atoms with E-state index in [4.69, 9.17) is 10.5 Å². The molecule has 1 aliphatic carbocycles. The second-order valence-electron chi connectivity index (χ2n) is 6.64. The van der Waals surface area contributed by atoms with Crippen molar-refractivity contribution in [3.05, 3.63) is 29.8 Å². The lowest BCUT2D eigenvalue weighted by Crippen LogP contribution is -2.34. The highest BCUT2D eigenvalue weighted by atomic mass is 16.5. The average Bonchev–Trinajstić information content (AvgIpc) is 2.53. The maximum Gasteiger partial charge on any atom is 0.119 e. The molecule has 0 saturated heterocycles. The Morgan fingerprint density at radius 1 is 1.24 bits per heavy atom. The smallest absolute Gasteiger partial charge is 0.119 e. The van der Waals surface area contributed by atoms with Gasteiger partial charge in [-0.25, -0.2) is 0 Å². The SMILES string of the molecule is CCCCC1CCC(C(N)Cc2cccc(OC)c2)CC1. The molecule has 1 atom stereocenters. The van der Waals surface area contributed by atoms with Gasteiger partial charge < -0.3 is 10.5 Å². The predicted molar refractivity (Wildman–Crippen MR) is 89.6 cm³/mol. The van der Waals surface area contributed by atoms with E-state index in [1.54, 1.807) is 7.11 Å². The average molecular weight is 289 g/mol. The van der Waals surface area contributed by atoms with Crippen molar-refractivity contribution in [2.45, 2.75) is 64.3 Å². The quantitative estimate of drug-likeness (QED) is 0.798. The molecular formula is C19H31NO. The molecule has 2 N–H and O–H groups in total. The topological polar surface area (TPSA) is 35.2 Å². The molecule has 0 aliphatic heterocycles. The molecular weight excluding hydrogens is 258 g/mol. The Bertz CT molecular complexity index is 410. The number of rotatable bonds is 7. The maximum atomic E-state index is 6.48. The molecule has 0 bridgehead atoms. The third kappa shape index (κ3) is 5.03. The molecule has 1 aromatic carbocycles. The highest BCUT2D eigenvalue weighted by Crippen LogP contribution is 2.34. The number of methoxy groups -OCH3 is 1. The fourth-order valence-corrected chi connectivity index (χ4v) is 3.64. The molecule has 0 aromatic heterocycles. The van der Waals surface area contributed by atoms with Gasteiger partial charge in [0, 0.05) is 6.04 Å². The molecule has 0 amide bonds. The maximum absolute atomic E-state index is 6.48. The van der Waals surface area contributed by atoms with Gasteiger partial charge in [0.05, 0.1) is 7.11 Å². The highest BCUT2D eigenvalue weighted by Gasteiger charge is 2.25. The van der Waals surface area contributed by atoms with E-state index in [1.807, 2.05) is 6.07 Å². The first kappa shape index (κ1) is 16.4. The molecule has 1 saturated carbocycles. The number of hydrogen-bond acceptors (Lipinski definition) is 2. The zero-order chi connectivity index (χ0) is 15.1. The summed E-state index contributed by atoms with van der Waals surface area (Å²) in [6.07, 6.45) is 10.5. The molecule has 2 rings (SSSR count). The normalized spacial score (nSPS) is 23.8. The Morgan fingerprint density at radius 3 is 2.67 bits per heavy atom. The summed E-state index contributed by atoms with van der Waals surface area (Å²) in [5.74, 6) is 2.60. The minimum absolute atomic E-state index is 0.296. The summed E-state index contributed by atoms with van der Waals surface area (Å²) >= 11 is 0. The van der Waals surface area contributed by atoms with Crippen LogP contribution in [0.25, 0.3) is 0 Å². The summed E-state index contributed by atoms with van der Waals surface area (Å²) in [4.78, 5) is 0. The second-order valence-corrected chi connectivity index (χ2v) is 6.64. The fourth-order valence-electron chi connectivity index (χ4n) is 3.64. The molecule has 2 heteroatoms. The van der Waals surface area contributed by atoms with Gasteiger partial charge in [0.1, 0.15) is 5.75 Å². The standard InChI is InChI=1S/C19H31NO/c1-3-4-6-15-9-11-17(12-10-15)19(20)14-16-7-5-8-18(13-16)21-2/h5,7-8,13,15,17,19H,3-4,6,9-12,14,20H2,1-2H3. The molecule has 0 spiro atoms. The van der Waals surface area contributed by atoms with Crippen LogP contribution in [0.5, 0.6) is 5.75 Å². The Labute approximate surface area is 130 Å². The molecule has 21 heavy (non-hydrogen) atoms. The van der Waals surface area contributed by atoms with Crippen LogP contribution in [0.3, 0.4) is 0 Å². The van der Waals surface area contributed by atoms with Crippen molar-refractivity contribution >= 4 is 0 Å². The van der Waals surface area contributed by atoms with Crippen molar-refractivity contribution < 1.29 is 4.74 Å². The minimum atomic E-state index is 0.296. The zero-order valence-corrected chi connectivity index (χ0v) is 13.7. The van der Waals surface area contributed by atoms with Crippen LogP contribution in [0, 0.1) is 11.8 Å². The van der Waals surface area contributed by atoms with Crippen LogP contribution in [0.4, 0.5) is 0 Å². The van der Waals surface area contributed by atoms with Crippen molar-refractivity contribution in [3.8, 4) is 5.75 Å². The summed E-state index contributed by atoms with van der Waals surface area (Å²) in [7, 11) is 1.72. The van der Waals surface area contributed by atoms with E-state index < -0.39 is 0 Å². The third-order valence-corrected chi connectivity index (χ3v) is 5.07. The van der Waals surface area contributed by atoms with Gasteiger partial charge in [-0.05, 0) is 48.8 Å². The zero-order valence-electron chi connectivity index (χ0n) is 13.7. The summed E-state index contributed by atoms with van der Waals surface area (Å²) in [5.41, 5.74) is 7.78. The summed E-state index contributed by atoms with van der Waals surface area (Å²) < 4.78 is 5.29. The highest BCUT2D eigenvalue weighted by molar-refractivity contribution is 5.29. The molecule has 2 nitrogen and oxygen atoms in total. The lowest BCUT2D eigenvalue weighted by atomic mass is 9.76. The number of unbranched alkanes of at least 4 members (excludes halogenated alkanes) is 1. The first-order valence-electron chi connectivity index (χ1n) is 8.61. The van der Waals surface area contributed by atoms with Crippen LogP contribution in [0.2, 0.25) is 0 Å². The third-order valence-electron chi connectivity index (χ3n) is 5.07. The summed E-state index contributed by atoms with van der Waals surface area (Å²) in [6, 6.07) is 8.63. The first-order chi connectivity index (χ1) is 10.2. The molecule has 118 valence electrons. The Kier molecular flexibility index (Phi) is 6.56. The van der Waals surface area contributed by atoms with E-state index >= 15 is 0 Å². The van der Waals surface area contributed by atoms with Crippen LogP contribution >= 0.6 is 0 Å². The van der Waals surface area contributed by atoms with Crippen molar-refractivity contribution in [1.29, 1.82) is 0 Å².